The van der Waals surface area contributed by atoms with Crippen molar-refractivity contribution in [3.05, 3.63) is 16.1 Å². The van der Waals surface area contributed by atoms with Crippen molar-refractivity contribution in [1.29, 1.82) is 0 Å². The van der Waals surface area contributed by atoms with Crippen LogP contribution in [-0.4, -0.2) is 67.0 Å². The molecule has 2 heterocycles. The monoisotopic (exact) mass is 409 g/mol. The van der Waals surface area contributed by atoms with Crippen LogP contribution >= 0.6 is 11.3 Å². The Hall–Kier alpha value is -1.67. The van der Waals surface area contributed by atoms with E-state index in [4.69, 9.17) is 4.74 Å². The Morgan fingerprint density at radius 3 is 3.04 bits per heavy atom. The number of piperidine rings is 1. The zero-order chi connectivity index (χ0) is 20.5. The predicted octanol–water partition coefficient (Wildman–Crippen LogP) is 2.90. The van der Waals surface area contributed by atoms with E-state index >= 15 is 0 Å². The van der Waals surface area contributed by atoms with E-state index in [9.17, 15) is 4.79 Å². The van der Waals surface area contributed by atoms with Crippen LogP contribution in [0.2, 0.25) is 0 Å². The number of carbonyl (C=O) groups excluding carboxylic acids is 1. The minimum atomic E-state index is 0.00878. The summed E-state index contributed by atoms with van der Waals surface area (Å²) >= 11 is 1.61. The van der Waals surface area contributed by atoms with Crippen molar-refractivity contribution >= 4 is 23.2 Å². The van der Waals surface area contributed by atoms with Crippen LogP contribution in [0.25, 0.3) is 0 Å². The number of guanidine groups is 1. The summed E-state index contributed by atoms with van der Waals surface area (Å²) in [6.45, 7) is 9.98. The van der Waals surface area contributed by atoms with E-state index in [1.54, 1.807) is 18.4 Å². The third-order valence-electron chi connectivity index (χ3n) is 4.96. The second-order valence-corrected chi connectivity index (χ2v) is 8.37. The van der Waals surface area contributed by atoms with E-state index < -0.39 is 0 Å². The van der Waals surface area contributed by atoms with Gasteiger partial charge in [0.05, 0.1) is 18.8 Å². The van der Waals surface area contributed by atoms with Crippen molar-refractivity contribution in [3.8, 4) is 0 Å². The van der Waals surface area contributed by atoms with Crippen LogP contribution < -0.4 is 5.32 Å². The van der Waals surface area contributed by atoms with Gasteiger partial charge in [-0.2, -0.15) is 0 Å². The van der Waals surface area contributed by atoms with Crippen LogP contribution in [0.1, 0.15) is 56.8 Å². The Labute approximate surface area is 173 Å². The number of carbonyl (C=O) groups is 1. The van der Waals surface area contributed by atoms with Gasteiger partial charge in [-0.15, -0.1) is 11.3 Å². The fourth-order valence-corrected chi connectivity index (χ4v) is 4.14. The lowest BCUT2D eigenvalue weighted by Gasteiger charge is -2.31. The number of nitrogens with one attached hydrogen (secondary N) is 1. The molecule has 158 valence electrons. The van der Waals surface area contributed by atoms with Crippen LogP contribution in [0.5, 0.6) is 0 Å². The minimum Gasteiger partial charge on any atom is -0.375 e. The number of hydrogen-bond donors (Lipinski definition) is 1. The number of rotatable bonds is 8. The Bertz CT molecular complexity index is 648. The molecule has 0 spiro atoms. The fraction of sp³-hybridized carbons (Fsp3) is 0.750. The second kappa shape index (κ2) is 11.4. The molecule has 28 heavy (non-hydrogen) atoms. The van der Waals surface area contributed by atoms with Crippen LogP contribution in [-0.2, 0) is 16.1 Å². The van der Waals surface area contributed by atoms with Gasteiger partial charge in [0.1, 0.15) is 11.1 Å². The summed E-state index contributed by atoms with van der Waals surface area (Å²) in [5.41, 5.74) is 0.996. The summed E-state index contributed by atoms with van der Waals surface area (Å²) in [6, 6.07) is 0. The molecule has 0 aliphatic carbocycles. The summed E-state index contributed by atoms with van der Waals surface area (Å²) in [5.74, 6) is 1.62. The SMILES string of the molecule is CCNC(=NCCC(=O)N1CCCC(C)C1)N(C)Cc1csc(C(C)OC)n1. The molecule has 0 saturated carbocycles. The van der Waals surface area contributed by atoms with E-state index in [0.29, 0.717) is 25.4 Å². The Balaban J connectivity index is 1.89. The van der Waals surface area contributed by atoms with Crippen molar-refractivity contribution in [2.24, 2.45) is 10.9 Å². The standard InChI is InChI=1S/C20H35N5O2S/c1-6-21-20(22-10-9-18(26)25-11-7-8-15(2)12-25)24(4)13-17-14-28-19(23-17)16(3)27-5/h14-16H,6-13H2,1-5H3,(H,21,22). The quantitative estimate of drug-likeness (QED) is 0.528. The molecule has 0 aromatic carbocycles. The average Bonchev–Trinajstić information content (AvgIpc) is 3.15. The van der Waals surface area contributed by atoms with Gasteiger partial charge in [0.2, 0.25) is 5.91 Å². The first-order valence-electron chi connectivity index (χ1n) is 10.2. The lowest BCUT2D eigenvalue weighted by atomic mass is 10.00. The highest BCUT2D eigenvalue weighted by Gasteiger charge is 2.20. The van der Waals surface area contributed by atoms with Crippen LogP contribution in [0.3, 0.4) is 0 Å². The van der Waals surface area contributed by atoms with E-state index in [1.165, 1.54) is 6.42 Å². The maximum absolute atomic E-state index is 12.4. The molecule has 1 aliphatic heterocycles. The molecule has 2 unspecified atom stereocenters. The molecule has 1 aromatic heterocycles. The number of likely N-dealkylation sites (tertiary alicyclic amines) is 1. The molecule has 0 radical (unpaired) electrons. The number of aliphatic imine (C=N–C) groups is 1. The first-order valence-corrected chi connectivity index (χ1v) is 11.1. The summed E-state index contributed by atoms with van der Waals surface area (Å²) in [4.78, 5) is 25.8. The van der Waals surface area contributed by atoms with Crippen molar-refractivity contribution in [2.75, 3.05) is 40.3 Å². The van der Waals surface area contributed by atoms with Gasteiger partial charge in [0.25, 0.3) is 0 Å². The lowest BCUT2D eigenvalue weighted by Crippen LogP contribution is -2.40. The van der Waals surface area contributed by atoms with Crippen LogP contribution in [0.15, 0.2) is 10.4 Å². The van der Waals surface area contributed by atoms with Gasteiger partial charge in [0.15, 0.2) is 5.96 Å². The first kappa shape index (κ1) is 22.6. The van der Waals surface area contributed by atoms with Gasteiger partial charge < -0.3 is 19.9 Å². The molecule has 1 fully saturated rings. The second-order valence-electron chi connectivity index (χ2n) is 7.48. The van der Waals surface area contributed by atoms with E-state index in [2.05, 4.69) is 27.6 Å². The average molecular weight is 410 g/mol. The van der Waals surface area contributed by atoms with Gasteiger partial charge >= 0.3 is 0 Å². The molecule has 8 heteroatoms. The molecular formula is C20H35N5O2S. The molecule has 0 bridgehead atoms. The largest absolute Gasteiger partial charge is 0.375 e. The lowest BCUT2D eigenvalue weighted by molar-refractivity contribution is -0.132. The molecule has 1 aliphatic rings. The van der Waals surface area contributed by atoms with Crippen molar-refractivity contribution in [2.45, 2.75) is 52.7 Å². The third kappa shape index (κ3) is 6.74. The van der Waals surface area contributed by atoms with Crippen molar-refractivity contribution < 1.29 is 9.53 Å². The van der Waals surface area contributed by atoms with E-state index in [0.717, 1.165) is 42.7 Å². The summed E-state index contributed by atoms with van der Waals surface area (Å²) < 4.78 is 5.33. The van der Waals surface area contributed by atoms with Crippen LogP contribution in [0, 0.1) is 5.92 Å². The predicted molar refractivity (Wildman–Crippen MR) is 115 cm³/mol. The number of amides is 1. The number of thiazole rings is 1. The highest BCUT2D eigenvalue weighted by molar-refractivity contribution is 7.09. The Morgan fingerprint density at radius 2 is 2.36 bits per heavy atom. The number of nitrogens with zero attached hydrogens (tertiary/aromatic N) is 4. The van der Waals surface area contributed by atoms with E-state index in [1.807, 2.05) is 30.7 Å². The number of methoxy groups -OCH3 is 1. The fourth-order valence-electron chi connectivity index (χ4n) is 3.30. The zero-order valence-electron chi connectivity index (χ0n) is 17.9. The van der Waals surface area contributed by atoms with Gasteiger partial charge in [0, 0.05) is 45.6 Å². The summed E-state index contributed by atoms with van der Waals surface area (Å²) in [5, 5.41) is 6.35. The van der Waals surface area contributed by atoms with Gasteiger partial charge in [-0.3, -0.25) is 9.79 Å². The number of aromatic nitrogens is 1. The summed E-state index contributed by atoms with van der Waals surface area (Å²) in [6.07, 6.45) is 2.80. The van der Waals surface area contributed by atoms with Gasteiger partial charge in [-0.25, -0.2) is 4.98 Å². The molecule has 2 rings (SSSR count). The van der Waals surface area contributed by atoms with Gasteiger partial charge in [-0.1, -0.05) is 6.92 Å². The molecule has 1 aromatic rings. The molecular weight excluding hydrogens is 374 g/mol. The maximum atomic E-state index is 12.4. The number of ether oxygens (including phenoxy) is 1. The molecule has 1 N–H and O–H groups in total. The van der Waals surface area contributed by atoms with Crippen molar-refractivity contribution in [1.82, 2.24) is 20.1 Å². The smallest absolute Gasteiger partial charge is 0.224 e. The summed E-state index contributed by atoms with van der Waals surface area (Å²) in [7, 11) is 3.69. The zero-order valence-corrected chi connectivity index (χ0v) is 18.7. The van der Waals surface area contributed by atoms with E-state index in [-0.39, 0.29) is 12.0 Å². The first-order chi connectivity index (χ1) is 13.4. The Kier molecular flexibility index (Phi) is 9.18. The Morgan fingerprint density at radius 1 is 1.57 bits per heavy atom. The highest BCUT2D eigenvalue weighted by Crippen LogP contribution is 2.21. The molecule has 1 saturated heterocycles. The van der Waals surface area contributed by atoms with Crippen molar-refractivity contribution in [3.63, 3.8) is 0 Å². The topological polar surface area (TPSA) is 70.1 Å². The highest BCUT2D eigenvalue weighted by atomic mass is 32.1. The minimum absolute atomic E-state index is 0.00878. The number of hydrogen-bond acceptors (Lipinski definition) is 5. The third-order valence-corrected chi connectivity index (χ3v) is 6.02. The molecule has 2 atom stereocenters. The normalized spacial score (nSPS) is 18.8. The molecule has 1 amide bonds. The van der Waals surface area contributed by atoms with Crippen LogP contribution in [0.4, 0.5) is 0 Å². The maximum Gasteiger partial charge on any atom is 0.224 e. The molecule has 7 nitrogen and oxygen atoms in total. The van der Waals surface area contributed by atoms with Gasteiger partial charge in [-0.05, 0) is 32.6 Å².